The molecule has 7 nitrogen and oxygen atoms in total. The van der Waals surface area contributed by atoms with Crippen LogP contribution in [0.4, 0.5) is 11.4 Å². The van der Waals surface area contributed by atoms with Gasteiger partial charge in [0.15, 0.2) is 5.78 Å². The number of anilines is 2. The van der Waals surface area contributed by atoms with E-state index in [-0.39, 0.29) is 24.0 Å². The summed E-state index contributed by atoms with van der Waals surface area (Å²) in [6.07, 6.45) is 4.95. The number of carbonyl (C=O) groups is 2. The first-order valence-corrected chi connectivity index (χ1v) is 10.5. The Bertz CT molecular complexity index is 1080. The zero-order valence-electron chi connectivity index (χ0n) is 17.8. The molecule has 1 aliphatic carbocycles. The highest BCUT2D eigenvalue weighted by atomic mass is 16.2. The second kappa shape index (κ2) is 8.73. The van der Waals surface area contributed by atoms with Crippen molar-refractivity contribution in [1.82, 2.24) is 14.9 Å². The molecule has 31 heavy (non-hydrogen) atoms. The number of hydrogen-bond donors (Lipinski definition) is 2. The normalized spacial score (nSPS) is 15.5. The van der Waals surface area contributed by atoms with Crippen molar-refractivity contribution in [1.29, 1.82) is 0 Å². The van der Waals surface area contributed by atoms with Crippen LogP contribution in [0.15, 0.2) is 54.9 Å². The lowest BCUT2D eigenvalue weighted by atomic mass is 9.85. The maximum absolute atomic E-state index is 13.3. The molecule has 0 aliphatic heterocycles. The van der Waals surface area contributed by atoms with Gasteiger partial charge < -0.3 is 9.88 Å². The SMILES string of the molecule is CCCN(C)C(=O)C1CC(=O)c2c([nH]c(-c3ccncc3)c2N(N)c2ccccc2)C1. The van der Waals surface area contributed by atoms with E-state index < -0.39 is 0 Å². The van der Waals surface area contributed by atoms with E-state index in [0.29, 0.717) is 24.2 Å². The minimum atomic E-state index is -0.365. The van der Waals surface area contributed by atoms with E-state index in [1.165, 1.54) is 0 Å². The summed E-state index contributed by atoms with van der Waals surface area (Å²) < 4.78 is 0. The highest BCUT2D eigenvalue weighted by Crippen LogP contribution is 2.42. The van der Waals surface area contributed by atoms with Crippen LogP contribution in [0.3, 0.4) is 0 Å². The molecule has 0 saturated heterocycles. The van der Waals surface area contributed by atoms with E-state index in [9.17, 15) is 9.59 Å². The Morgan fingerprint density at radius 2 is 1.87 bits per heavy atom. The molecule has 1 unspecified atom stereocenters. The number of hydrogen-bond acceptors (Lipinski definition) is 5. The number of H-pyrrole nitrogens is 1. The average Bonchev–Trinajstić information content (AvgIpc) is 3.19. The Labute approximate surface area is 181 Å². The highest BCUT2D eigenvalue weighted by molar-refractivity contribution is 6.09. The van der Waals surface area contributed by atoms with Gasteiger partial charge in [-0.2, -0.15) is 0 Å². The van der Waals surface area contributed by atoms with E-state index in [0.717, 1.165) is 29.1 Å². The van der Waals surface area contributed by atoms with Gasteiger partial charge in [0.05, 0.1) is 28.6 Å². The van der Waals surface area contributed by atoms with Crippen molar-refractivity contribution in [3.8, 4) is 11.3 Å². The van der Waals surface area contributed by atoms with Gasteiger partial charge in [0.25, 0.3) is 0 Å². The summed E-state index contributed by atoms with van der Waals surface area (Å²) in [7, 11) is 1.80. The van der Waals surface area contributed by atoms with E-state index in [4.69, 9.17) is 5.84 Å². The van der Waals surface area contributed by atoms with Crippen molar-refractivity contribution >= 4 is 23.1 Å². The lowest BCUT2D eigenvalue weighted by Gasteiger charge is -2.27. The van der Waals surface area contributed by atoms with Crippen LogP contribution < -0.4 is 10.9 Å². The first-order valence-electron chi connectivity index (χ1n) is 10.5. The third kappa shape index (κ3) is 3.96. The topological polar surface area (TPSA) is 95.3 Å². The number of nitrogens with zero attached hydrogens (tertiary/aromatic N) is 3. The van der Waals surface area contributed by atoms with Gasteiger partial charge in [-0.25, -0.2) is 5.84 Å². The number of hydrazine groups is 1. The molecule has 1 aliphatic rings. The van der Waals surface area contributed by atoms with Gasteiger partial charge in [0.1, 0.15) is 0 Å². The number of nitrogens with two attached hydrogens (primary N) is 1. The van der Waals surface area contributed by atoms with Crippen LogP contribution in [0.25, 0.3) is 11.3 Å². The van der Waals surface area contributed by atoms with E-state index in [2.05, 4.69) is 9.97 Å². The van der Waals surface area contributed by atoms with Gasteiger partial charge in [-0.15, -0.1) is 0 Å². The van der Waals surface area contributed by atoms with Crippen molar-refractivity contribution in [3.63, 3.8) is 0 Å². The molecule has 0 fully saturated rings. The van der Waals surface area contributed by atoms with Crippen molar-refractivity contribution in [3.05, 3.63) is 66.1 Å². The number of carbonyl (C=O) groups excluding carboxylic acids is 2. The summed E-state index contributed by atoms with van der Waals surface area (Å²) in [6.45, 7) is 2.71. The summed E-state index contributed by atoms with van der Waals surface area (Å²) in [5.74, 6) is 6.12. The van der Waals surface area contributed by atoms with Gasteiger partial charge in [0.2, 0.25) is 5.91 Å². The zero-order valence-corrected chi connectivity index (χ0v) is 17.8. The number of amides is 1. The summed E-state index contributed by atoms with van der Waals surface area (Å²) in [6, 6.07) is 13.3. The number of ketones is 1. The first kappa shape index (κ1) is 20.8. The maximum Gasteiger partial charge on any atom is 0.226 e. The van der Waals surface area contributed by atoms with Gasteiger partial charge in [-0.1, -0.05) is 25.1 Å². The predicted molar refractivity (Wildman–Crippen MR) is 121 cm³/mol. The summed E-state index contributed by atoms with van der Waals surface area (Å²) in [5, 5.41) is 1.55. The molecule has 3 N–H and O–H groups in total. The van der Waals surface area contributed by atoms with Gasteiger partial charge in [-0.3, -0.25) is 19.6 Å². The quantitative estimate of drug-likeness (QED) is 0.471. The summed E-state index contributed by atoms with van der Waals surface area (Å²) in [4.78, 5) is 35.4. The number of benzene rings is 1. The molecule has 0 bridgehead atoms. The van der Waals surface area contributed by atoms with Gasteiger partial charge in [0, 0.05) is 50.1 Å². The second-order valence-corrected chi connectivity index (χ2v) is 7.93. The Kier molecular flexibility index (Phi) is 5.86. The van der Waals surface area contributed by atoms with Crippen LogP contribution >= 0.6 is 0 Å². The van der Waals surface area contributed by atoms with Crippen LogP contribution in [0.1, 0.15) is 35.8 Å². The lowest BCUT2D eigenvalue weighted by molar-refractivity contribution is -0.134. The molecular weight excluding hydrogens is 390 g/mol. The van der Waals surface area contributed by atoms with Crippen LogP contribution in [0.5, 0.6) is 0 Å². The monoisotopic (exact) mass is 417 g/mol. The van der Waals surface area contributed by atoms with Crippen molar-refractivity contribution in [2.24, 2.45) is 11.8 Å². The van der Waals surface area contributed by atoms with E-state index in [1.54, 1.807) is 29.4 Å². The first-order chi connectivity index (χ1) is 15.0. The highest BCUT2D eigenvalue weighted by Gasteiger charge is 2.37. The largest absolute Gasteiger partial charge is 0.356 e. The van der Waals surface area contributed by atoms with Crippen molar-refractivity contribution in [2.45, 2.75) is 26.2 Å². The molecule has 1 atom stereocenters. The second-order valence-electron chi connectivity index (χ2n) is 7.93. The number of rotatable bonds is 6. The number of Topliss-reactive ketones (excluding diaryl/α,β-unsaturated/α-hetero) is 1. The van der Waals surface area contributed by atoms with E-state index in [1.807, 2.05) is 49.4 Å². The van der Waals surface area contributed by atoms with Crippen LogP contribution in [-0.4, -0.2) is 40.2 Å². The Balaban J connectivity index is 1.79. The van der Waals surface area contributed by atoms with Crippen LogP contribution in [0, 0.1) is 5.92 Å². The minimum absolute atomic E-state index is 0.00938. The van der Waals surface area contributed by atoms with E-state index >= 15 is 0 Å². The minimum Gasteiger partial charge on any atom is -0.356 e. The number of para-hydroxylation sites is 1. The maximum atomic E-state index is 13.3. The Hall–Kier alpha value is -3.45. The molecule has 7 heteroatoms. The Morgan fingerprint density at radius 3 is 2.55 bits per heavy atom. The number of nitrogens with one attached hydrogen (secondary N) is 1. The zero-order chi connectivity index (χ0) is 22.0. The molecule has 2 heterocycles. The number of fused-ring (bicyclic) bond motifs is 1. The molecular formula is C24H27N5O2. The Morgan fingerprint density at radius 1 is 1.16 bits per heavy atom. The van der Waals surface area contributed by atoms with Crippen molar-refractivity contribution < 1.29 is 9.59 Å². The summed E-state index contributed by atoms with van der Waals surface area (Å²) in [5.41, 5.74) is 4.36. The molecule has 0 spiro atoms. The van der Waals surface area contributed by atoms with Gasteiger partial charge >= 0.3 is 0 Å². The molecule has 0 saturated carbocycles. The third-order valence-electron chi connectivity index (χ3n) is 5.74. The van der Waals surface area contributed by atoms with Gasteiger partial charge in [-0.05, 0) is 30.7 Å². The smallest absolute Gasteiger partial charge is 0.226 e. The molecule has 0 radical (unpaired) electrons. The molecule has 1 amide bonds. The molecule has 1 aromatic carbocycles. The number of pyridine rings is 1. The number of aromatic nitrogens is 2. The van der Waals surface area contributed by atoms with Crippen molar-refractivity contribution in [2.75, 3.05) is 18.6 Å². The number of aromatic amines is 1. The van der Waals surface area contributed by atoms with Crippen LogP contribution in [0.2, 0.25) is 0 Å². The van der Waals surface area contributed by atoms with Crippen LogP contribution in [-0.2, 0) is 11.2 Å². The third-order valence-corrected chi connectivity index (χ3v) is 5.74. The fraction of sp³-hybridized carbons (Fsp3) is 0.292. The molecule has 3 aromatic rings. The fourth-order valence-corrected chi connectivity index (χ4v) is 4.26. The average molecular weight is 418 g/mol. The molecule has 4 rings (SSSR count). The molecule has 160 valence electrons. The molecule has 2 aromatic heterocycles. The fourth-order valence-electron chi connectivity index (χ4n) is 4.26. The predicted octanol–water partition coefficient (Wildman–Crippen LogP) is 3.70. The summed E-state index contributed by atoms with van der Waals surface area (Å²) >= 11 is 0. The lowest BCUT2D eigenvalue weighted by Crippen LogP contribution is -2.38. The standard InChI is InChI=1S/C24H27N5O2/c1-3-13-28(2)24(31)17-14-19-21(20(30)15-17)23(29(25)18-7-5-4-6-8-18)22(27-19)16-9-11-26-12-10-16/h4-12,17,27H,3,13-15,25H2,1-2H3.